The molecule has 10 heavy (non-hydrogen) atoms. The zero-order valence-corrected chi connectivity index (χ0v) is 8.66. The topological polar surface area (TPSA) is 43.4 Å². The van der Waals surface area contributed by atoms with Crippen LogP contribution in [0.25, 0.3) is 0 Å². The van der Waals surface area contributed by atoms with Gasteiger partial charge in [0.15, 0.2) is 0 Å². The van der Waals surface area contributed by atoms with E-state index in [0.29, 0.717) is 0 Å². The summed E-state index contributed by atoms with van der Waals surface area (Å²) in [6.07, 6.45) is 0. The predicted molar refractivity (Wildman–Crippen MR) is 44.1 cm³/mol. The third-order valence-corrected chi connectivity index (χ3v) is 6.25. The molecule has 0 fully saturated rings. The van der Waals surface area contributed by atoms with E-state index < -0.39 is 18.2 Å². The van der Waals surface area contributed by atoms with Gasteiger partial charge in [-0.2, -0.15) is 8.42 Å². The van der Waals surface area contributed by atoms with E-state index >= 15 is 0 Å². The molecular weight excluding hydrogens is 168 g/mol. The maximum absolute atomic E-state index is 10.8. The van der Waals surface area contributed by atoms with Gasteiger partial charge in [0.05, 0.1) is 20.6 Å². The minimum atomic E-state index is -3.22. The largest absolute Gasteiger partial charge is 0.274 e. The molecule has 5 heteroatoms. The van der Waals surface area contributed by atoms with Gasteiger partial charge in [0.2, 0.25) is 0 Å². The normalized spacial score (nSPS) is 13.6. The summed E-state index contributed by atoms with van der Waals surface area (Å²) in [6, 6.07) is 0. The predicted octanol–water partition coefficient (Wildman–Crippen LogP) is 0.840. The van der Waals surface area contributed by atoms with Crippen LogP contribution in [0.3, 0.4) is 0 Å². The van der Waals surface area contributed by atoms with Gasteiger partial charge >= 0.3 is 0 Å². The first-order valence-electron chi connectivity index (χ1n) is 3.05. The van der Waals surface area contributed by atoms with Crippen LogP contribution >= 0.6 is 0 Å². The van der Waals surface area contributed by atoms with Crippen LogP contribution in [0, 0.1) is 0 Å². The summed E-state index contributed by atoms with van der Waals surface area (Å²) < 4.78 is 26.0. The summed E-state index contributed by atoms with van der Waals surface area (Å²) in [5.41, 5.74) is 0. The molecule has 0 bridgehead atoms. The third-order valence-electron chi connectivity index (χ3n) is 0.864. The van der Waals surface area contributed by atoms with Crippen LogP contribution in [0.15, 0.2) is 0 Å². The van der Waals surface area contributed by atoms with E-state index in [1.807, 2.05) is 19.6 Å². The molecule has 0 radical (unpaired) electrons. The van der Waals surface area contributed by atoms with Gasteiger partial charge in [0.1, 0.15) is 0 Å². The van der Waals surface area contributed by atoms with Crippen molar-refractivity contribution in [2.75, 3.05) is 12.5 Å². The van der Waals surface area contributed by atoms with E-state index in [1.54, 1.807) is 0 Å². The fourth-order valence-corrected chi connectivity index (χ4v) is 5.30. The van der Waals surface area contributed by atoms with Gasteiger partial charge in [-0.05, 0) is 0 Å². The van der Waals surface area contributed by atoms with E-state index in [0.717, 1.165) is 0 Å². The first-order valence-corrected chi connectivity index (χ1v) is 8.33. The van der Waals surface area contributed by atoms with Crippen molar-refractivity contribution in [3.05, 3.63) is 0 Å². The van der Waals surface area contributed by atoms with E-state index in [-0.39, 0.29) is 5.38 Å². The van der Waals surface area contributed by atoms with Crippen molar-refractivity contribution in [3.8, 4) is 0 Å². The number of hydrogen-bond acceptors (Lipinski definition) is 3. The Hall–Kier alpha value is 0.127. The number of hydrogen-bond donors (Lipinski definition) is 0. The first-order chi connectivity index (χ1) is 4.27. The summed E-state index contributed by atoms with van der Waals surface area (Å²) in [5, 5.41) is 0.205. The van der Waals surface area contributed by atoms with Gasteiger partial charge in [-0.25, -0.2) is 0 Å². The fraction of sp³-hybridized carbons (Fsp3) is 1.00. The smallest absolute Gasteiger partial charge is 0.264 e. The van der Waals surface area contributed by atoms with Crippen molar-refractivity contribution in [3.63, 3.8) is 0 Å². The van der Waals surface area contributed by atoms with Crippen molar-refractivity contribution in [1.29, 1.82) is 0 Å². The Morgan fingerprint density at radius 2 is 1.70 bits per heavy atom. The Morgan fingerprint density at radius 1 is 1.30 bits per heavy atom. The Balaban J connectivity index is 4.18. The monoisotopic (exact) mass is 182 g/mol. The lowest BCUT2D eigenvalue weighted by Crippen LogP contribution is -2.32. The summed E-state index contributed by atoms with van der Waals surface area (Å²) >= 11 is 0. The summed E-state index contributed by atoms with van der Waals surface area (Å²) in [7, 11) is -3.54. The minimum Gasteiger partial charge on any atom is -0.274 e. The molecule has 0 spiro atoms. The lowest BCUT2D eigenvalue weighted by molar-refractivity contribution is 0.401. The van der Waals surface area contributed by atoms with Gasteiger partial charge < -0.3 is 0 Å². The average Bonchev–Trinajstić information content (AvgIpc) is 1.60. The van der Waals surface area contributed by atoms with Gasteiger partial charge in [-0.3, -0.25) is 4.18 Å². The fourth-order valence-electron chi connectivity index (χ4n) is 0.589. The summed E-state index contributed by atoms with van der Waals surface area (Å²) in [5.74, 6) is 0. The zero-order valence-electron chi connectivity index (χ0n) is 6.84. The van der Waals surface area contributed by atoms with E-state index in [2.05, 4.69) is 4.18 Å². The highest BCUT2D eigenvalue weighted by Crippen LogP contribution is 2.05. The van der Waals surface area contributed by atoms with E-state index in [1.165, 1.54) is 7.11 Å². The minimum absolute atomic E-state index is 0.205. The molecule has 0 unspecified atom stereocenters. The average molecular weight is 182 g/mol. The zero-order chi connectivity index (χ0) is 8.41. The molecule has 0 aromatic heterocycles. The Morgan fingerprint density at radius 3 is 1.80 bits per heavy atom. The lowest BCUT2D eigenvalue weighted by Gasteiger charge is -2.13. The molecule has 0 aliphatic carbocycles. The quantitative estimate of drug-likeness (QED) is 0.480. The molecule has 0 saturated heterocycles. The maximum atomic E-state index is 10.8. The summed E-state index contributed by atoms with van der Waals surface area (Å²) in [6.45, 7) is 5.97. The van der Waals surface area contributed by atoms with Gasteiger partial charge in [-0.1, -0.05) is 19.6 Å². The highest BCUT2D eigenvalue weighted by Gasteiger charge is 2.22. The van der Waals surface area contributed by atoms with Crippen LogP contribution in [-0.4, -0.2) is 29.0 Å². The SMILES string of the molecule is COS(=O)(=O)C[Si](C)(C)C. The standard InChI is InChI=1S/C5H14O3SSi/c1-8-9(6,7)5-10(2,3)4/h5H2,1-4H3. The van der Waals surface area contributed by atoms with E-state index in [9.17, 15) is 8.42 Å². The molecule has 0 aromatic carbocycles. The maximum Gasteiger partial charge on any atom is 0.264 e. The van der Waals surface area contributed by atoms with Crippen molar-refractivity contribution in [2.24, 2.45) is 0 Å². The Labute approximate surface area is 63.5 Å². The molecule has 62 valence electrons. The van der Waals surface area contributed by atoms with Crippen molar-refractivity contribution >= 4 is 18.2 Å². The van der Waals surface area contributed by atoms with Crippen molar-refractivity contribution in [1.82, 2.24) is 0 Å². The van der Waals surface area contributed by atoms with Crippen LogP contribution in [0.2, 0.25) is 19.6 Å². The second-order valence-corrected chi connectivity index (χ2v) is 11.2. The van der Waals surface area contributed by atoms with Crippen molar-refractivity contribution < 1.29 is 12.6 Å². The Kier molecular flexibility index (Phi) is 3.06. The molecule has 0 amide bonds. The van der Waals surface area contributed by atoms with Crippen molar-refractivity contribution in [2.45, 2.75) is 19.6 Å². The van der Waals surface area contributed by atoms with Crippen LogP contribution in [-0.2, 0) is 14.3 Å². The Bertz CT molecular complexity index is 189. The highest BCUT2D eigenvalue weighted by atomic mass is 32.2. The van der Waals surface area contributed by atoms with Crippen LogP contribution in [0.1, 0.15) is 0 Å². The second-order valence-electron chi connectivity index (χ2n) is 3.43. The first kappa shape index (κ1) is 10.1. The molecule has 3 nitrogen and oxygen atoms in total. The van der Waals surface area contributed by atoms with Gasteiger partial charge in [-0.15, -0.1) is 0 Å². The van der Waals surface area contributed by atoms with Crippen LogP contribution < -0.4 is 0 Å². The molecule has 0 saturated carbocycles. The number of rotatable bonds is 3. The van der Waals surface area contributed by atoms with E-state index in [4.69, 9.17) is 0 Å². The molecule has 0 aliphatic heterocycles. The molecule has 0 aromatic rings. The molecule has 0 heterocycles. The summed E-state index contributed by atoms with van der Waals surface area (Å²) in [4.78, 5) is 0. The molecule has 0 rings (SSSR count). The van der Waals surface area contributed by atoms with Crippen LogP contribution in [0.4, 0.5) is 0 Å². The van der Waals surface area contributed by atoms with Gasteiger partial charge in [0.25, 0.3) is 10.1 Å². The second kappa shape index (κ2) is 3.02. The molecular formula is C5H14O3SSi. The van der Waals surface area contributed by atoms with Gasteiger partial charge in [0, 0.05) is 0 Å². The molecule has 0 atom stereocenters. The lowest BCUT2D eigenvalue weighted by atomic mass is 11.8. The molecule has 0 aliphatic rings. The third kappa shape index (κ3) is 4.96. The van der Waals surface area contributed by atoms with Crippen LogP contribution in [0.5, 0.6) is 0 Å². The highest BCUT2D eigenvalue weighted by molar-refractivity contribution is 7.88. The molecule has 0 N–H and O–H groups in total.